The zero-order valence-electron chi connectivity index (χ0n) is 9.12. The van der Waals surface area contributed by atoms with Gasteiger partial charge in [0.2, 0.25) is 0 Å². The molecule has 1 amide bonds. The molecule has 1 rings (SSSR count). The molecular weight excluding hydrogens is 245 g/mol. The maximum atomic E-state index is 13.6. The molecule has 7 heteroatoms. The van der Waals surface area contributed by atoms with Crippen LogP contribution in [0.1, 0.15) is 16.8 Å². The van der Waals surface area contributed by atoms with Gasteiger partial charge < -0.3 is 10.2 Å². The van der Waals surface area contributed by atoms with Gasteiger partial charge in [0.15, 0.2) is 6.04 Å². The predicted molar refractivity (Wildman–Crippen MR) is 57.4 cm³/mol. The molecule has 2 N–H and O–H groups in total. The second-order valence-corrected chi connectivity index (χ2v) is 3.43. The van der Waals surface area contributed by atoms with Gasteiger partial charge in [-0.15, -0.1) is 0 Å². The van der Waals surface area contributed by atoms with Gasteiger partial charge in [0.1, 0.15) is 0 Å². The summed E-state index contributed by atoms with van der Waals surface area (Å²) in [5, 5.41) is 16.6. The number of halogens is 1. The number of nitrogens with zero attached hydrogens (tertiary/aromatic N) is 1. The summed E-state index contributed by atoms with van der Waals surface area (Å²) in [6.45, 7) is 0. The zero-order valence-corrected chi connectivity index (χ0v) is 9.12. The highest BCUT2D eigenvalue weighted by Crippen LogP contribution is 2.12. The van der Waals surface area contributed by atoms with E-state index in [1.165, 1.54) is 24.3 Å². The lowest BCUT2D eigenvalue weighted by Crippen LogP contribution is -2.41. The van der Waals surface area contributed by atoms with Crippen LogP contribution in [0.4, 0.5) is 4.48 Å². The van der Waals surface area contributed by atoms with Gasteiger partial charge in [0.25, 0.3) is 5.91 Å². The van der Waals surface area contributed by atoms with E-state index in [0.717, 1.165) is 0 Å². The smallest absolute Gasteiger partial charge is 0.330 e. The number of carboxylic acids is 2. The molecule has 0 aliphatic heterocycles. The number of rotatable bonds is 5. The van der Waals surface area contributed by atoms with Crippen molar-refractivity contribution in [3.8, 4) is 0 Å². The topological polar surface area (TPSA) is 94.9 Å². The highest BCUT2D eigenvalue weighted by molar-refractivity contribution is 5.96. The normalized spacial score (nSPS) is 11.6. The largest absolute Gasteiger partial charge is 0.481 e. The molecule has 0 saturated heterocycles. The Morgan fingerprint density at radius 3 is 2.17 bits per heavy atom. The first-order valence-electron chi connectivity index (χ1n) is 4.92. The van der Waals surface area contributed by atoms with Gasteiger partial charge in [-0.3, -0.25) is 9.59 Å². The first-order chi connectivity index (χ1) is 8.43. The third kappa shape index (κ3) is 3.27. The van der Waals surface area contributed by atoms with Crippen LogP contribution in [0.2, 0.25) is 0 Å². The van der Waals surface area contributed by atoms with E-state index in [1.807, 2.05) is 0 Å². The Morgan fingerprint density at radius 2 is 1.72 bits per heavy atom. The maximum absolute atomic E-state index is 13.6. The molecule has 0 aliphatic rings. The molecule has 0 heterocycles. The van der Waals surface area contributed by atoms with Crippen molar-refractivity contribution in [3.05, 3.63) is 35.9 Å². The number of carbonyl (C=O) groups is 3. The number of carbonyl (C=O) groups excluding carboxylic acids is 1. The summed E-state index contributed by atoms with van der Waals surface area (Å²) < 4.78 is 13.6. The van der Waals surface area contributed by atoms with Crippen molar-refractivity contribution in [1.82, 2.24) is 5.12 Å². The van der Waals surface area contributed by atoms with Gasteiger partial charge in [-0.05, 0) is 12.1 Å². The van der Waals surface area contributed by atoms with Crippen LogP contribution in [0.3, 0.4) is 0 Å². The molecule has 0 spiro atoms. The van der Waals surface area contributed by atoms with Gasteiger partial charge in [0.05, 0.1) is 6.42 Å². The Hall–Kier alpha value is -2.44. The van der Waals surface area contributed by atoms with Gasteiger partial charge in [-0.2, -0.15) is 5.12 Å². The Kier molecular flexibility index (Phi) is 4.36. The van der Waals surface area contributed by atoms with Crippen molar-refractivity contribution in [2.75, 3.05) is 0 Å². The minimum Gasteiger partial charge on any atom is -0.481 e. The molecule has 6 nitrogen and oxygen atoms in total. The van der Waals surface area contributed by atoms with Gasteiger partial charge in [0, 0.05) is 5.56 Å². The van der Waals surface area contributed by atoms with Crippen LogP contribution in [0.25, 0.3) is 0 Å². The Morgan fingerprint density at radius 1 is 1.17 bits per heavy atom. The average molecular weight is 255 g/mol. The fourth-order valence-electron chi connectivity index (χ4n) is 1.28. The number of carboxylic acid groups (broad SMARTS) is 2. The first kappa shape index (κ1) is 13.6. The second kappa shape index (κ2) is 5.76. The summed E-state index contributed by atoms with van der Waals surface area (Å²) in [4.78, 5) is 32.7. The van der Waals surface area contributed by atoms with Gasteiger partial charge >= 0.3 is 11.9 Å². The minimum absolute atomic E-state index is 0.0587. The average Bonchev–Trinajstić information content (AvgIpc) is 2.34. The van der Waals surface area contributed by atoms with Crippen molar-refractivity contribution in [3.63, 3.8) is 0 Å². The number of benzene rings is 1. The fraction of sp³-hybridized carbons (Fsp3) is 0.182. The minimum atomic E-state index is -2.05. The van der Waals surface area contributed by atoms with Crippen LogP contribution in [0.5, 0.6) is 0 Å². The van der Waals surface area contributed by atoms with E-state index in [9.17, 15) is 18.9 Å². The van der Waals surface area contributed by atoms with E-state index in [0.29, 0.717) is 0 Å². The van der Waals surface area contributed by atoms with Crippen LogP contribution < -0.4 is 0 Å². The molecule has 0 aromatic heterocycles. The number of hydrogen-bond acceptors (Lipinski definition) is 3. The van der Waals surface area contributed by atoms with Gasteiger partial charge in [-0.1, -0.05) is 22.7 Å². The molecule has 0 saturated carbocycles. The summed E-state index contributed by atoms with van der Waals surface area (Å²) in [5.41, 5.74) is -0.0587. The number of aliphatic carboxylic acids is 2. The summed E-state index contributed by atoms with van der Waals surface area (Å²) in [5.74, 6) is -4.42. The molecule has 0 bridgehead atoms. The number of amides is 1. The number of hydrogen-bond donors (Lipinski definition) is 2. The SMILES string of the molecule is O=C(O)C[C@@H](C(=O)O)N(F)C(=O)c1ccccc1. The Bertz CT molecular complexity index is 462. The molecule has 1 aromatic rings. The molecule has 18 heavy (non-hydrogen) atoms. The van der Waals surface area contributed by atoms with E-state index in [4.69, 9.17) is 10.2 Å². The Labute approximate surface area is 101 Å². The summed E-state index contributed by atoms with van der Waals surface area (Å²) in [6.07, 6.45) is -1.01. The second-order valence-electron chi connectivity index (χ2n) is 3.43. The van der Waals surface area contributed by atoms with Crippen LogP contribution in [-0.2, 0) is 9.59 Å². The Balaban J connectivity index is 2.90. The van der Waals surface area contributed by atoms with Crippen molar-refractivity contribution in [2.24, 2.45) is 0 Å². The van der Waals surface area contributed by atoms with Crippen LogP contribution in [0, 0.1) is 0 Å². The molecule has 96 valence electrons. The summed E-state index contributed by atoms with van der Waals surface area (Å²) >= 11 is 0. The van der Waals surface area contributed by atoms with E-state index >= 15 is 0 Å². The van der Waals surface area contributed by atoms with Gasteiger partial charge in [-0.25, -0.2) is 4.79 Å². The lowest BCUT2D eigenvalue weighted by atomic mass is 10.1. The van der Waals surface area contributed by atoms with Crippen molar-refractivity contribution >= 4 is 17.8 Å². The molecule has 1 aromatic carbocycles. The molecular formula is C11H10FNO5. The first-order valence-corrected chi connectivity index (χ1v) is 4.92. The molecule has 0 radical (unpaired) electrons. The van der Waals surface area contributed by atoms with E-state index < -0.39 is 35.4 Å². The lowest BCUT2D eigenvalue weighted by Gasteiger charge is -2.18. The van der Waals surface area contributed by atoms with E-state index in [2.05, 4.69) is 0 Å². The lowest BCUT2D eigenvalue weighted by molar-refractivity contribution is -0.154. The van der Waals surface area contributed by atoms with Crippen molar-refractivity contribution in [2.45, 2.75) is 12.5 Å². The summed E-state index contributed by atoms with van der Waals surface area (Å²) in [7, 11) is 0. The monoisotopic (exact) mass is 255 g/mol. The van der Waals surface area contributed by atoms with Crippen molar-refractivity contribution < 1.29 is 29.1 Å². The third-order valence-corrected chi connectivity index (χ3v) is 2.14. The fourth-order valence-corrected chi connectivity index (χ4v) is 1.28. The van der Waals surface area contributed by atoms with Crippen LogP contribution in [-0.4, -0.2) is 39.2 Å². The maximum Gasteiger partial charge on any atom is 0.330 e. The highest BCUT2D eigenvalue weighted by atomic mass is 19.2. The summed E-state index contributed by atoms with van der Waals surface area (Å²) in [6, 6.07) is 5.12. The quantitative estimate of drug-likeness (QED) is 0.763. The van der Waals surface area contributed by atoms with Crippen LogP contribution in [0.15, 0.2) is 30.3 Å². The zero-order chi connectivity index (χ0) is 13.7. The molecule has 0 fully saturated rings. The van der Waals surface area contributed by atoms with E-state index in [1.54, 1.807) is 6.07 Å². The van der Waals surface area contributed by atoms with Crippen molar-refractivity contribution in [1.29, 1.82) is 0 Å². The highest BCUT2D eigenvalue weighted by Gasteiger charge is 2.33. The van der Waals surface area contributed by atoms with E-state index in [-0.39, 0.29) is 5.56 Å². The molecule has 0 unspecified atom stereocenters. The van der Waals surface area contributed by atoms with Crippen LogP contribution >= 0.6 is 0 Å². The molecule has 0 aliphatic carbocycles. The third-order valence-electron chi connectivity index (χ3n) is 2.14. The molecule has 1 atom stereocenters. The predicted octanol–water partition coefficient (Wildman–Crippen LogP) is 0.941. The standard InChI is InChI=1S/C11H10FNO5/c12-13(8(11(17)18)6-9(14)15)10(16)7-4-2-1-3-5-7/h1-5,8H,6H2,(H,14,15)(H,17,18)/t8-/m0/s1.